The molecule has 3 heterocycles. The molecule has 0 bridgehead atoms. The van der Waals surface area contributed by atoms with Crippen LogP contribution in [0.2, 0.25) is 5.02 Å². The maximum Gasteiger partial charge on any atom is 0.253 e. The van der Waals surface area contributed by atoms with Gasteiger partial charge in [0.25, 0.3) is 11.8 Å². The van der Waals surface area contributed by atoms with E-state index in [0.717, 1.165) is 6.54 Å². The molecule has 2 aromatic rings. The zero-order valence-electron chi connectivity index (χ0n) is 16.7. The van der Waals surface area contributed by atoms with E-state index in [9.17, 15) is 9.59 Å². The van der Waals surface area contributed by atoms with Crippen LogP contribution in [0.1, 0.15) is 20.7 Å². The summed E-state index contributed by atoms with van der Waals surface area (Å²) in [4.78, 5) is 32.3. The van der Waals surface area contributed by atoms with E-state index < -0.39 is 0 Å². The highest BCUT2D eigenvalue weighted by molar-refractivity contribution is 6.30. The lowest BCUT2D eigenvalue weighted by atomic mass is 9.82. The van der Waals surface area contributed by atoms with Crippen molar-refractivity contribution >= 4 is 23.4 Å². The molecule has 7 heteroatoms. The number of carbonyl (C=O) groups excluding carboxylic acids is 2. The molecule has 0 aromatic heterocycles. The van der Waals surface area contributed by atoms with Crippen molar-refractivity contribution in [3.8, 4) is 0 Å². The fraction of sp³-hybridized carbons (Fsp3) is 0.391. The zero-order valence-corrected chi connectivity index (χ0v) is 17.4. The van der Waals surface area contributed by atoms with E-state index in [-0.39, 0.29) is 23.4 Å². The third kappa shape index (κ3) is 3.39. The number of ether oxygens (including phenoxy) is 1. The monoisotopic (exact) mass is 425 g/mol. The summed E-state index contributed by atoms with van der Waals surface area (Å²) >= 11 is 5.98. The van der Waals surface area contributed by atoms with Gasteiger partial charge in [-0.3, -0.25) is 14.5 Å². The van der Waals surface area contributed by atoms with Gasteiger partial charge in [-0.25, -0.2) is 0 Å². The summed E-state index contributed by atoms with van der Waals surface area (Å²) in [5, 5.41) is 0.613. The van der Waals surface area contributed by atoms with Crippen LogP contribution in [0.4, 0.5) is 0 Å². The van der Waals surface area contributed by atoms with Crippen molar-refractivity contribution in [2.45, 2.75) is 11.6 Å². The SMILES string of the molecule is O=C(c1ccc(Cl)cc1)N1CC2COCCN2C2(C1)CN(C(=O)c1ccccc1)C2. The number of rotatable bonds is 2. The van der Waals surface area contributed by atoms with Crippen LogP contribution in [0, 0.1) is 0 Å². The molecular weight excluding hydrogens is 402 g/mol. The largest absolute Gasteiger partial charge is 0.378 e. The smallest absolute Gasteiger partial charge is 0.253 e. The summed E-state index contributed by atoms with van der Waals surface area (Å²) in [6.45, 7) is 4.64. The number of carbonyl (C=O) groups is 2. The van der Waals surface area contributed by atoms with E-state index in [1.165, 1.54) is 0 Å². The molecule has 1 spiro atoms. The number of hydrogen-bond acceptors (Lipinski definition) is 4. The molecule has 0 aliphatic carbocycles. The van der Waals surface area contributed by atoms with Crippen LogP contribution in [0.25, 0.3) is 0 Å². The Labute approximate surface area is 181 Å². The van der Waals surface area contributed by atoms with Crippen molar-refractivity contribution in [3.05, 3.63) is 70.7 Å². The topological polar surface area (TPSA) is 53.1 Å². The van der Waals surface area contributed by atoms with Gasteiger partial charge in [-0.05, 0) is 36.4 Å². The van der Waals surface area contributed by atoms with Gasteiger partial charge in [-0.1, -0.05) is 29.8 Å². The molecule has 1 atom stereocenters. The lowest BCUT2D eigenvalue weighted by molar-refractivity contribution is -0.148. The third-order valence-corrected chi connectivity index (χ3v) is 6.66. The van der Waals surface area contributed by atoms with E-state index >= 15 is 0 Å². The van der Waals surface area contributed by atoms with Gasteiger partial charge in [-0.15, -0.1) is 0 Å². The minimum atomic E-state index is -0.209. The number of benzene rings is 2. The van der Waals surface area contributed by atoms with Crippen LogP contribution >= 0.6 is 11.6 Å². The standard InChI is InChI=1S/C23H24ClN3O3/c24-19-8-6-18(7-9-19)21(28)25-12-20-13-30-11-10-27(20)23(14-25)15-26(16-23)22(29)17-4-2-1-3-5-17/h1-9,20H,10-16H2. The Balaban J connectivity index is 1.36. The summed E-state index contributed by atoms with van der Waals surface area (Å²) in [6, 6.07) is 16.6. The number of likely N-dealkylation sites (tertiary alicyclic amines) is 1. The fourth-order valence-electron chi connectivity index (χ4n) is 4.98. The Morgan fingerprint density at radius 3 is 2.27 bits per heavy atom. The molecule has 2 amide bonds. The first-order valence-electron chi connectivity index (χ1n) is 10.3. The van der Waals surface area contributed by atoms with Gasteiger partial charge < -0.3 is 14.5 Å². The second-order valence-electron chi connectivity index (χ2n) is 8.37. The number of halogens is 1. The van der Waals surface area contributed by atoms with Gasteiger partial charge in [-0.2, -0.15) is 0 Å². The first-order chi connectivity index (χ1) is 14.6. The maximum absolute atomic E-state index is 13.2. The highest BCUT2D eigenvalue weighted by Crippen LogP contribution is 2.37. The molecule has 3 fully saturated rings. The van der Waals surface area contributed by atoms with Crippen molar-refractivity contribution in [1.29, 1.82) is 0 Å². The molecule has 30 heavy (non-hydrogen) atoms. The van der Waals surface area contributed by atoms with Crippen LogP contribution < -0.4 is 0 Å². The highest BCUT2D eigenvalue weighted by atomic mass is 35.5. The van der Waals surface area contributed by atoms with Crippen LogP contribution in [0.3, 0.4) is 0 Å². The Hall–Kier alpha value is -2.41. The number of morpholine rings is 1. The Bertz CT molecular complexity index is 944. The second-order valence-corrected chi connectivity index (χ2v) is 8.80. The minimum absolute atomic E-state index is 0.00380. The van der Waals surface area contributed by atoms with E-state index in [4.69, 9.17) is 16.3 Å². The number of piperazine rings is 1. The highest BCUT2D eigenvalue weighted by Gasteiger charge is 2.56. The van der Waals surface area contributed by atoms with Crippen molar-refractivity contribution in [2.24, 2.45) is 0 Å². The molecule has 5 rings (SSSR count). The van der Waals surface area contributed by atoms with Gasteiger partial charge in [0.05, 0.1) is 24.8 Å². The fourth-order valence-corrected chi connectivity index (χ4v) is 5.10. The van der Waals surface area contributed by atoms with Crippen LogP contribution in [-0.4, -0.2) is 84.0 Å². The molecular formula is C23H24ClN3O3. The van der Waals surface area contributed by atoms with Crippen molar-refractivity contribution in [3.63, 3.8) is 0 Å². The second kappa shape index (κ2) is 7.69. The molecule has 0 radical (unpaired) electrons. The average molecular weight is 426 g/mol. The first-order valence-corrected chi connectivity index (χ1v) is 10.7. The molecule has 156 valence electrons. The van der Waals surface area contributed by atoms with E-state index in [2.05, 4.69) is 4.90 Å². The van der Waals surface area contributed by atoms with Crippen LogP contribution in [0.5, 0.6) is 0 Å². The Morgan fingerprint density at radius 1 is 0.900 bits per heavy atom. The Morgan fingerprint density at radius 2 is 1.53 bits per heavy atom. The van der Waals surface area contributed by atoms with Crippen LogP contribution in [-0.2, 0) is 4.74 Å². The molecule has 6 nitrogen and oxygen atoms in total. The van der Waals surface area contributed by atoms with E-state index in [1.54, 1.807) is 24.3 Å². The van der Waals surface area contributed by atoms with Gasteiger partial charge in [0.15, 0.2) is 0 Å². The molecule has 1 unspecified atom stereocenters. The molecule has 2 aromatic carbocycles. The zero-order chi connectivity index (χ0) is 20.7. The number of amides is 2. The third-order valence-electron chi connectivity index (χ3n) is 6.41. The molecule has 3 aliphatic rings. The van der Waals surface area contributed by atoms with Crippen molar-refractivity contribution in [1.82, 2.24) is 14.7 Å². The average Bonchev–Trinajstić information content (AvgIpc) is 2.77. The predicted molar refractivity (Wildman–Crippen MR) is 114 cm³/mol. The predicted octanol–water partition coefficient (Wildman–Crippen LogP) is 2.39. The maximum atomic E-state index is 13.2. The molecule has 0 saturated carbocycles. The lowest BCUT2D eigenvalue weighted by Gasteiger charge is -2.63. The summed E-state index contributed by atoms with van der Waals surface area (Å²) in [6.07, 6.45) is 0. The van der Waals surface area contributed by atoms with Gasteiger partial charge in [0, 0.05) is 48.9 Å². The number of nitrogens with zero attached hydrogens (tertiary/aromatic N) is 3. The minimum Gasteiger partial charge on any atom is -0.378 e. The number of fused-ring (bicyclic) bond motifs is 2. The van der Waals surface area contributed by atoms with Gasteiger partial charge in [0.1, 0.15) is 0 Å². The van der Waals surface area contributed by atoms with Crippen molar-refractivity contribution < 1.29 is 14.3 Å². The normalized spacial score (nSPS) is 23.0. The summed E-state index contributed by atoms with van der Waals surface area (Å²) in [5.74, 6) is 0.0521. The van der Waals surface area contributed by atoms with E-state index in [0.29, 0.717) is 55.5 Å². The summed E-state index contributed by atoms with van der Waals surface area (Å²) in [7, 11) is 0. The first kappa shape index (κ1) is 19.5. The summed E-state index contributed by atoms with van der Waals surface area (Å²) in [5.41, 5.74) is 1.13. The van der Waals surface area contributed by atoms with E-state index in [1.807, 2.05) is 40.1 Å². The Kier molecular flexibility index (Phi) is 5.01. The number of hydrogen-bond donors (Lipinski definition) is 0. The summed E-state index contributed by atoms with van der Waals surface area (Å²) < 4.78 is 5.72. The lowest BCUT2D eigenvalue weighted by Crippen LogP contribution is -2.81. The van der Waals surface area contributed by atoms with Crippen LogP contribution in [0.15, 0.2) is 54.6 Å². The molecule has 3 saturated heterocycles. The van der Waals surface area contributed by atoms with Gasteiger partial charge >= 0.3 is 0 Å². The van der Waals surface area contributed by atoms with Crippen molar-refractivity contribution in [2.75, 3.05) is 45.9 Å². The molecule has 3 aliphatic heterocycles. The molecule has 0 N–H and O–H groups in total. The van der Waals surface area contributed by atoms with Gasteiger partial charge in [0.2, 0.25) is 0 Å². The quantitative estimate of drug-likeness (QED) is 0.741.